The van der Waals surface area contributed by atoms with Gasteiger partial charge in [-0.3, -0.25) is 4.79 Å². The Morgan fingerprint density at radius 3 is 2.14 bits per heavy atom. The van der Waals surface area contributed by atoms with Gasteiger partial charge in [0.05, 0.1) is 4.83 Å². The topological polar surface area (TPSA) is 26.3 Å². The van der Waals surface area contributed by atoms with Gasteiger partial charge in [0.2, 0.25) is 0 Å². The van der Waals surface area contributed by atoms with Crippen molar-refractivity contribution in [3.8, 4) is 11.5 Å². The van der Waals surface area contributed by atoms with E-state index < -0.39 is 0 Å². The number of alkyl halides is 1. The molecule has 0 N–H and O–H groups in total. The Hall–Kier alpha value is -1.61. The van der Waals surface area contributed by atoms with Crippen molar-refractivity contribution in [1.82, 2.24) is 0 Å². The van der Waals surface area contributed by atoms with Crippen LogP contribution in [0.25, 0.3) is 0 Å². The highest BCUT2D eigenvalue weighted by Crippen LogP contribution is 2.23. The van der Waals surface area contributed by atoms with E-state index >= 15 is 0 Å². The van der Waals surface area contributed by atoms with Crippen molar-refractivity contribution < 1.29 is 9.53 Å². The summed E-state index contributed by atoms with van der Waals surface area (Å²) in [6, 6.07) is 16.9. The molecule has 0 amide bonds. The van der Waals surface area contributed by atoms with Crippen molar-refractivity contribution in [1.29, 1.82) is 0 Å². The summed E-state index contributed by atoms with van der Waals surface area (Å²) in [6.07, 6.45) is 1.90. The molecule has 2 nitrogen and oxygen atoms in total. The molecule has 2 aromatic rings. The Morgan fingerprint density at radius 2 is 1.55 bits per heavy atom. The van der Waals surface area contributed by atoms with E-state index in [1.54, 1.807) is 0 Å². The standard InChI is InChI=1S/C19H21BrO2/c1-14(2)8-13-18(20)19(21)15-9-11-17(12-10-15)22-16-6-4-3-5-7-16/h3-7,9-12,14,18H,8,13H2,1-2H3. The summed E-state index contributed by atoms with van der Waals surface area (Å²) in [5, 5.41) is 0. The van der Waals surface area contributed by atoms with E-state index in [1.807, 2.05) is 54.6 Å². The van der Waals surface area contributed by atoms with E-state index in [0.717, 1.165) is 24.3 Å². The Bertz CT molecular complexity index is 591. The molecule has 116 valence electrons. The molecule has 0 heterocycles. The monoisotopic (exact) mass is 360 g/mol. The Kier molecular flexibility index (Phi) is 6.20. The van der Waals surface area contributed by atoms with Crippen LogP contribution in [0.1, 0.15) is 37.0 Å². The summed E-state index contributed by atoms with van der Waals surface area (Å²) >= 11 is 3.50. The smallest absolute Gasteiger partial charge is 0.176 e. The second kappa shape index (κ2) is 8.14. The maximum absolute atomic E-state index is 12.3. The summed E-state index contributed by atoms with van der Waals surface area (Å²) < 4.78 is 5.73. The van der Waals surface area contributed by atoms with Gasteiger partial charge < -0.3 is 4.74 Å². The van der Waals surface area contributed by atoms with Gasteiger partial charge >= 0.3 is 0 Å². The average molecular weight is 361 g/mol. The van der Waals surface area contributed by atoms with Crippen molar-refractivity contribution in [2.24, 2.45) is 5.92 Å². The highest BCUT2D eigenvalue weighted by Gasteiger charge is 2.17. The van der Waals surface area contributed by atoms with Crippen LogP contribution in [0.15, 0.2) is 54.6 Å². The lowest BCUT2D eigenvalue weighted by molar-refractivity contribution is 0.0987. The van der Waals surface area contributed by atoms with Crippen LogP contribution in [-0.2, 0) is 0 Å². The van der Waals surface area contributed by atoms with Crippen molar-refractivity contribution in [2.45, 2.75) is 31.5 Å². The van der Waals surface area contributed by atoms with Crippen LogP contribution in [0.4, 0.5) is 0 Å². The lowest BCUT2D eigenvalue weighted by atomic mass is 10.0. The number of Topliss-reactive ketones (excluding diaryl/α,β-unsaturated/α-hetero) is 1. The number of carbonyl (C=O) groups excluding carboxylic acids is 1. The Balaban J connectivity index is 1.97. The molecule has 0 radical (unpaired) electrons. The number of benzene rings is 2. The predicted molar refractivity (Wildman–Crippen MR) is 94.1 cm³/mol. The number of hydrogen-bond donors (Lipinski definition) is 0. The van der Waals surface area contributed by atoms with E-state index in [0.29, 0.717) is 11.5 Å². The number of carbonyl (C=O) groups is 1. The van der Waals surface area contributed by atoms with Gasteiger partial charge in [0.25, 0.3) is 0 Å². The summed E-state index contributed by atoms with van der Waals surface area (Å²) in [5.74, 6) is 2.26. The number of ketones is 1. The van der Waals surface area contributed by atoms with Crippen LogP contribution in [0.5, 0.6) is 11.5 Å². The van der Waals surface area contributed by atoms with Crippen LogP contribution < -0.4 is 4.74 Å². The molecule has 3 heteroatoms. The van der Waals surface area contributed by atoms with Crippen LogP contribution >= 0.6 is 15.9 Å². The van der Waals surface area contributed by atoms with Crippen molar-refractivity contribution in [3.05, 3.63) is 60.2 Å². The first kappa shape index (κ1) is 16.8. The van der Waals surface area contributed by atoms with E-state index in [1.165, 1.54) is 0 Å². The quantitative estimate of drug-likeness (QED) is 0.456. The van der Waals surface area contributed by atoms with Gasteiger partial charge in [-0.05, 0) is 55.2 Å². The molecular weight excluding hydrogens is 340 g/mol. The summed E-state index contributed by atoms with van der Waals surface area (Å²) in [7, 11) is 0. The number of halogens is 1. The maximum atomic E-state index is 12.3. The van der Waals surface area contributed by atoms with E-state index in [-0.39, 0.29) is 10.6 Å². The normalized spacial score (nSPS) is 12.2. The number of ether oxygens (including phenoxy) is 1. The fraction of sp³-hybridized carbons (Fsp3) is 0.316. The zero-order valence-electron chi connectivity index (χ0n) is 13.0. The van der Waals surface area contributed by atoms with Crippen LogP contribution in [-0.4, -0.2) is 10.6 Å². The predicted octanol–water partition coefficient (Wildman–Crippen LogP) is 5.86. The molecule has 1 atom stereocenters. The fourth-order valence-electron chi connectivity index (χ4n) is 2.10. The molecule has 0 bridgehead atoms. The van der Waals surface area contributed by atoms with Crippen molar-refractivity contribution >= 4 is 21.7 Å². The minimum absolute atomic E-state index is 0.115. The van der Waals surface area contributed by atoms with Gasteiger partial charge in [-0.25, -0.2) is 0 Å². The lowest BCUT2D eigenvalue weighted by Crippen LogP contribution is -2.14. The number of rotatable bonds is 7. The van der Waals surface area contributed by atoms with Gasteiger partial charge in [0, 0.05) is 5.56 Å². The van der Waals surface area contributed by atoms with Crippen molar-refractivity contribution in [3.63, 3.8) is 0 Å². The lowest BCUT2D eigenvalue weighted by Gasteiger charge is -2.11. The second-order valence-electron chi connectivity index (χ2n) is 5.74. The fourth-order valence-corrected chi connectivity index (χ4v) is 2.63. The van der Waals surface area contributed by atoms with Crippen molar-refractivity contribution in [2.75, 3.05) is 0 Å². The largest absolute Gasteiger partial charge is 0.457 e. The molecule has 2 aromatic carbocycles. The molecule has 0 aliphatic rings. The van der Waals surface area contributed by atoms with Gasteiger partial charge in [-0.1, -0.05) is 48.0 Å². The minimum atomic E-state index is -0.115. The average Bonchev–Trinajstić information content (AvgIpc) is 2.53. The molecule has 0 spiro atoms. The molecule has 0 aromatic heterocycles. The zero-order valence-corrected chi connectivity index (χ0v) is 14.5. The van der Waals surface area contributed by atoms with Gasteiger partial charge in [0.1, 0.15) is 11.5 Å². The van der Waals surface area contributed by atoms with Gasteiger partial charge in [-0.15, -0.1) is 0 Å². The summed E-state index contributed by atoms with van der Waals surface area (Å²) in [4.78, 5) is 12.2. The minimum Gasteiger partial charge on any atom is -0.457 e. The van der Waals surface area contributed by atoms with E-state index in [2.05, 4.69) is 29.8 Å². The molecule has 0 aliphatic heterocycles. The molecule has 0 aliphatic carbocycles. The maximum Gasteiger partial charge on any atom is 0.176 e. The third kappa shape index (κ3) is 4.99. The first-order chi connectivity index (χ1) is 10.6. The zero-order chi connectivity index (χ0) is 15.9. The van der Waals surface area contributed by atoms with Gasteiger partial charge in [0.15, 0.2) is 5.78 Å². The summed E-state index contributed by atoms with van der Waals surface area (Å²) in [5.41, 5.74) is 0.714. The molecule has 0 fully saturated rings. The van der Waals surface area contributed by atoms with Crippen LogP contribution in [0.3, 0.4) is 0 Å². The molecule has 1 unspecified atom stereocenters. The molecule has 2 rings (SSSR count). The molecule has 0 saturated heterocycles. The number of hydrogen-bond acceptors (Lipinski definition) is 2. The van der Waals surface area contributed by atoms with Crippen LogP contribution in [0.2, 0.25) is 0 Å². The Labute approximate surface area is 140 Å². The first-order valence-electron chi connectivity index (χ1n) is 7.57. The second-order valence-corrected chi connectivity index (χ2v) is 6.85. The molecule has 0 saturated carbocycles. The van der Waals surface area contributed by atoms with Gasteiger partial charge in [-0.2, -0.15) is 0 Å². The number of para-hydroxylation sites is 1. The van der Waals surface area contributed by atoms with E-state index in [4.69, 9.17) is 4.74 Å². The van der Waals surface area contributed by atoms with Crippen LogP contribution in [0, 0.1) is 5.92 Å². The SMILES string of the molecule is CC(C)CCC(Br)C(=O)c1ccc(Oc2ccccc2)cc1. The molecular formula is C19H21BrO2. The highest BCUT2D eigenvalue weighted by molar-refractivity contribution is 9.10. The Morgan fingerprint density at radius 1 is 0.955 bits per heavy atom. The highest BCUT2D eigenvalue weighted by atomic mass is 79.9. The third-order valence-corrected chi connectivity index (χ3v) is 4.27. The first-order valence-corrected chi connectivity index (χ1v) is 8.49. The molecule has 22 heavy (non-hydrogen) atoms. The summed E-state index contributed by atoms with van der Waals surface area (Å²) in [6.45, 7) is 4.33. The van der Waals surface area contributed by atoms with E-state index in [9.17, 15) is 4.79 Å². The third-order valence-electron chi connectivity index (χ3n) is 3.40.